The highest BCUT2D eigenvalue weighted by atomic mass is 16.7. The molecule has 0 saturated carbocycles. The zero-order chi connectivity index (χ0) is 11.4. The minimum absolute atomic E-state index is 0.119. The third kappa shape index (κ3) is 2.65. The molecule has 2 N–H and O–H groups in total. The van der Waals surface area contributed by atoms with Crippen LogP contribution in [0.4, 0.5) is 0 Å². The van der Waals surface area contributed by atoms with Crippen molar-refractivity contribution in [2.24, 2.45) is 5.73 Å². The summed E-state index contributed by atoms with van der Waals surface area (Å²) in [7, 11) is 0. The van der Waals surface area contributed by atoms with Gasteiger partial charge in [0, 0.05) is 6.04 Å². The van der Waals surface area contributed by atoms with E-state index in [1.54, 1.807) is 0 Å². The van der Waals surface area contributed by atoms with Gasteiger partial charge in [-0.3, -0.25) is 0 Å². The van der Waals surface area contributed by atoms with Crippen molar-refractivity contribution in [3.05, 3.63) is 23.8 Å². The lowest BCUT2D eigenvalue weighted by Gasteiger charge is -2.09. The second kappa shape index (κ2) is 5.18. The molecule has 1 aromatic carbocycles. The van der Waals surface area contributed by atoms with Crippen molar-refractivity contribution in [1.82, 2.24) is 0 Å². The average Bonchev–Trinajstić information content (AvgIpc) is 2.76. The van der Waals surface area contributed by atoms with Crippen LogP contribution in [0.2, 0.25) is 0 Å². The van der Waals surface area contributed by atoms with Crippen molar-refractivity contribution in [3.63, 3.8) is 0 Å². The van der Waals surface area contributed by atoms with Gasteiger partial charge in [-0.2, -0.15) is 0 Å². The zero-order valence-electron chi connectivity index (χ0n) is 9.44. The second-order valence-electron chi connectivity index (χ2n) is 3.87. The van der Waals surface area contributed by atoms with E-state index in [4.69, 9.17) is 19.9 Å². The summed E-state index contributed by atoms with van der Waals surface area (Å²) in [6.07, 6.45) is 0.932. The molecule has 0 aromatic heterocycles. The van der Waals surface area contributed by atoms with E-state index in [1.165, 1.54) is 0 Å². The lowest BCUT2D eigenvalue weighted by molar-refractivity contribution is 0.107. The highest BCUT2D eigenvalue weighted by molar-refractivity contribution is 5.44. The molecule has 4 nitrogen and oxygen atoms in total. The lowest BCUT2D eigenvalue weighted by atomic mass is 10.2. The molecule has 0 amide bonds. The Bertz CT molecular complexity index is 354. The van der Waals surface area contributed by atoms with Gasteiger partial charge < -0.3 is 19.9 Å². The van der Waals surface area contributed by atoms with Gasteiger partial charge in [0.2, 0.25) is 6.79 Å². The predicted molar refractivity (Wildman–Crippen MR) is 60.5 cm³/mol. The number of rotatable bonds is 5. The van der Waals surface area contributed by atoms with Gasteiger partial charge in [-0.25, -0.2) is 0 Å². The highest BCUT2D eigenvalue weighted by Gasteiger charge is 2.13. The summed E-state index contributed by atoms with van der Waals surface area (Å²) < 4.78 is 16.0. The third-order valence-electron chi connectivity index (χ3n) is 2.56. The first-order valence-electron chi connectivity index (χ1n) is 5.51. The molecule has 88 valence electrons. The molecule has 0 spiro atoms. The molecule has 1 aliphatic rings. The van der Waals surface area contributed by atoms with Crippen LogP contribution in [0.1, 0.15) is 18.9 Å². The maximum absolute atomic E-state index is 5.76. The normalized spacial score (nSPS) is 15.1. The molecular formula is C12H17NO3. The Hall–Kier alpha value is -1.26. The van der Waals surface area contributed by atoms with Crippen LogP contribution >= 0.6 is 0 Å². The van der Waals surface area contributed by atoms with E-state index >= 15 is 0 Å². The molecule has 1 atom stereocenters. The molecule has 16 heavy (non-hydrogen) atoms. The van der Waals surface area contributed by atoms with E-state index in [-0.39, 0.29) is 6.04 Å². The Kier molecular flexibility index (Phi) is 3.64. The number of ether oxygens (including phenoxy) is 3. The summed E-state index contributed by atoms with van der Waals surface area (Å²) in [6, 6.07) is 5.94. The summed E-state index contributed by atoms with van der Waals surface area (Å²) in [6.45, 7) is 3.50. The smallest absolute Gasteiger partial charge is 0.231 e. The van der Waals surface area contributed by atoms with E-state index in [9.17, 15) is 0 Å². The van der Waals surface area contributed by atoms with Crippen molar-refractivity contribution in [2.45, 2.75) is 26.0 Å². The first kappa shape index (κ1) is 11.2. The largest absolute Gasteiger partial charge is 0.454 e. The fraction of sp³-hybridized carbons (Fsp3) is 0.500. The molecule has 0 saturated heterocycles. The lowest BCUT2D eigenvalue weighted by Crippen LogP contribution is -2.24. The van der Waals surface area contributed by atoms with Crippen LogP contribution in [-0.2, 0) is 11.3 Å². The first-order valence-corrected chi connectivity index (χ1v) is 5.51. The van der Waals surface area contributed by atoms with Crippen molar-refractivity contribution < 1.29 is 14.2 Å². The van der Waals surface area contributed by atoms with E-state index in [0.717, 1.165) is 23.5 Å². The Labute approximate surface area is 95.3 Å². The summed E-state index contributed by atoms with van der Waals surface area (Å²) in [4.78, 5) is 0. The third-order valence-corrected chi connectivity index (χ3v) is 2.56. The van der Waals surface area contributed by atoms with Crippen LogP contribution in [0.15, 0.2) is 18.2 Å². The quantitative estimate of drug-likeness (QED) is 0.825. The molecule has 4 heteroatoms. The Morgan fingerprint density at radius 3 is 3.00 bits per heavy atom. The summed E-state index contributed by atoms with van der Waals surface area (Å²) in [5, 5.41) is 0. The molecule has 2 rings (SSSR count). The summed E-state index contributed by atoms with van der Waals surface area (Å²) in [5.41, 5.74) is 6.83. The second-order valence-corrected chi connectivity index (χ2v) is 3.87. The number of nitrogens with two attached hydrogens (primary N) is 1. The van der Waals surface area contributed by atoms with Gasteiger partial charge in [-0.05, 0) is 24.1 Å². The number of hydrogen-bond donors (Lipinski definition) is 1. The molecule has 1 aliphatic heterocycles. The van der Waals surface area contributed by atoms with E-state index in [1.807, 2.05) is 18.2 Å². The fourth-order valence-electron chi connectivity index (χ4n) is 1.48. The van der Waals surface area contributed by atoms with E-state index in [2.05, 4.69) is 6.92 Å². The Balaban J connectivity index is 1.86. The fourth-order valence-corrected chi connectivity index (χ4v) is 1.48. The van der Waals surface area contributed by atoms with Gasteiger partial charge in [0.1, 0.15) is 0 Å². The van der Waals surface area contributed by atoms with Crippen LogP contribution in [-0.4, -0.2) is 19.4 Å². The van der Waals surface area contributed by atoms with Gasteiger partial charge in [0.05, 0.1) is 13.2 Å². The van der Waals surface area contributed by atoms with E-state index < -0.39 is 0 Å². The van der Waals surface area contributed by atoms with Gasteiger partial charge in [-0.1, -0.05) is 13.0 Å². The van der Waals surface area contributed by atoms with Crippen molar-refractivity contribution in [2.75, 3.05) is 13.4 Å². The van der Waals surface area contributed by atoms with Crippen LogP contribution in [0, 0.1) is 0 Å². The van der Waals surface area contributed by atoms with Gasteiger partial charge >= 0.3 is 0 Å². The zero-order valence-corrected chi connectivity index (χ0v) is 9.44. The molecule has 0 fully saturated rings. The standard InChI is InChI=1S/C12H17NO3/c1-2-10(13)7-14-6-9-3-4-11-12(5-9)16-8-15-11/h3-5,10H,2,6-8,13H2,1H3. The monoisotopic (exact) mass is 223 g/mol. The topological polar surface area (TPSA) is 53.7 Å². The Morgan fingerprint density at radius 2 is 2.19 bits per heavy atom. The van der Waals surface area contributed by atoms with Gasteiger partial charge in [0.25, 0.3) is 0 Å². The minimum atomic E-state index is 0.119. The Morgan fingerprint density at radius 1 is 1.38 bits per heavy atom. The summed E-state index contributed by atoms with van der Waals surface area (Å²) >= 11 is 0. The van der Waals surface area contributed by atoms with Crippen LogP contribution in [0.25, 0.3) is 0 Å². The maximum Gasteiger partial charge on any atom is 0.231 e. The van der Waals surface area contributed by atoms with Crippen molar-refractivity contribution in [3.8, 4) is 11.5 Å². The number of fused-ring (bicyclic) bond motifs is 1. The predicted octanol–water partition coefficient (Wildman–Crippen LogP) is 1.67. The number of benzene rings is 1. The number of hydrogen-bond acceptors (Lipinski definition) is 4. The van der Waals surface area contributed by atoms with Gasteiger partial charge in [-0.15, -0.1) is 0 Å². The summed E-state index contributed by atoms with van der Waals surface area (Å²) in [5.74, 6) is 1.59. The first-order chi connectivity index (χ1) is 7.79. The van der Waals surface area contributed by atoms with Crippen molar-refractivity contribution in [1.29, 1.82) is 0 Å². The van der Waals surface area contributed by atoms with E-state index in [0.29, 0.717) is 20.0 Å². The molecule has 1 unspecified atom stereocenters. The molecule has 0 aliphatic carbocycles. The van der Waals surface area contributed by atoms with Crippen molar-refractivity contribution >= 4 is 0 Å². The maximum atomic E-state index is 5.76. The SMILES string of the molecule is CCC(N)COCc1ccc2c(c1)OCO2. The molecule has 0 radical (unpaired) electrons. The molecule has 0 bridgehead atoms. The highest BCUT2D eigenvalue weighted by Crippen LogP contribution is 2.32. The van der Waals surface area contributed by atoms with Gasteiger partial charge in [0.15, 0.2) is 11.5 Å². The van der Waals surface area contributed by atoms with Crippen LogP contribution in [0.5, 0.6) is 11.5 Å². The van der Waals surface area contributed by atoms with Crippen LogP contribution in [0.3, 0.4) is 0 Å². The molecule has 1 aromatic rings. The average molecular weight is 223 g/mol. The molecular weight excluding hydrogens is 206 g/mol. The molecule has 1 heterocycles. The minimum Gasteiger partial charge on any atom is -0.454 e. The van der Waals surface area contributed by atoms with Crippen LogP contribution < -0.4 is 15.2 Å².